The van der Waals surface area contributed by atoms with Crippen LogP contribution in [0.15, 0.2) is 0 Å². The Bertz CT molecular complexity index is 118. The van der Waals surface area contributed by atoms with Gasteiger partial charge in [0.2, 0.25) is 0 Å². The van der Waals surface area contributed by atoms with Crippen LogP contribution in [0, 0.1) is 0 Å². The lowest BCUT2D eigenvalue weighted by Gasteiger charge is -2.16. The molecule has 1 atom stereocenters. The summed E-state index contributed by atoms with van der Waals surface area (Å²) in [6, 6.07) is 0.485. The van der Waals surface area contributed by atoms with Crippen molar-refractivity contribution >= 4 is 0 Å². The van der Waals surface area contributed by atoms with E-state index in [1.165, 1.54) is 0 Å². The Kier molecular flexibility index (Phi) is 9.35. The molecular formula is C11H25NO2. The molecular weight excluding hydrogens is 178 g/mol. The van der Waals surface area contributed by atoms with Gasteiger partial charge in [-0.2, -0.15) is 0 Å². The SMILES string of the molecule is CCC(COC)NCCCOC(C)C. The zero-order valence-corrected chi connectivity index (χ0v) is 10.0. The molecule has 0 aromatic heterocycles. The first-order chi connectivity index (χ1) is 6.70. The molecule has 0 fully saturated rings. The molecule has 0 bridgehead atoms. The molecule has 3 nitrogen and oxygen atoms in total. The molecule has 0 aliphatic carbocycles. The predicted octanol–water partition coefficient (Wildman–Crippen LogP) is 1.82. The van der Waals surface area contributed by atoms with Crippen molar-refractivity contribution in [3.05, 3.63) is 0 Å². The molecule has 1 N–H and O–H groups in total. The number of hydrogen-bond acceptors (Lipinski definition) is 3. The Morgan fingerprint density at radius 2 is 2.00 bits per heavy atom. The van der Waals surface area contributed by atoms with Crippen LogP contribution in [0.1, 0.15) is 33.6 Å². The van der Waals surface area contributed by atoms with Gasteiger partial charge in [0.25, 0.3) is 0 Å². The van der Waals surface area contributed by atoms with Crippen molar-refractivity contribution in [1.29, 1.82) is 0 Å². The van der Waals surface area contributed by atoms with Gasteiger partial charge in [-0.3, -0.25) is 0 Å². The van der Waals surface area contributed by atoms with Gasteiger partial charge in [-0.1, -0.05) is 6.92 Å². The standard InChI is InChI=1S/C11H25NO2/c1-5-11(9-13-4)12-7-6-8-14-10(2)3/h10-12H,5-9H2,1-4H3. The molecule has 14 heavy (non-hydrogen) atoms. The van der Waals surface area contributed by atoms with E-state index < -0.39 is 0 Å². The Labute approximate surface area is 88.2 Å². The highest BCUT2D eigenvalue weighted by atomic mass is 16.5. The fraction of sp³-hybridized carbons (Fsp3) is 1.00. The van der Waals surface area contributed by atoms with Gasteiger partial charge in [-0.25, -0.2) is 0 Å². The number of nitrogens with one attached hydrogen (secondary N) is 1. The molecule has 0 amide bonds. The van der Waals surface area contributed by atoms with E-state index >= 15 is 0 Å². The van der Waals surface area contributed by atoms with Gasteiger partial charge in [0.15, 0.2) is 0 Å². The van der Waals surface area contributed by atoms with E-state index in [-0.39, 0.29) is 0 Å². The van der Waals surface area contributed by atoms with Crippen LogP contribution in [0.2, 0.25) is 0 Å². The van der Waals surface area contributed by atoms with Crippen LogP contribution >= 0.6 is 0 Å². The minimum absolute atomic E-state index is 0.343. The maximum Gasteiger partial charge on any atom is 0.0615 e. The summed E-state index contributed by atoms with van der Waals surface area (Å²) in [6.45, 7) is 8.94. The Balaban J connectivity index is 3.24. The molecule has 0 heterocycles. The summed E-state index contributed by atoms with van der Waals surface area (Å²) >= 11 is 0. The third-order valence-electron chi connectivity index (χ3n) is 2.07. The maximum atomic E-state index is 5.45. The smallest absolute Gasteiger partial charge is 0.0615 e. The molecule has 0 saturated carbocycles. The van der Waals surface area contributed by atoms with Gasteiger partial charge in [0, 0.05) is 19.8 Å². The van der Waals surface area contributed by atoms with Gasteiger partial charge >= 0.3 is 0 Å². The minimum atomic E-state index is 0.343. The summed E-state index contributed by atoms with van der Waals surface area (Å²) < 4.78 is 10.5. The number of hydrogen-bond donors (Lipinski definition) is 1. The molecule has 0 aliphatic rings. The van der Waals surface area contributed by atoms with Crippen LogP contribution in [0.3, 0.4) is 0 Å². The van der Waals surface area contributed by atoms with Gasteiger partial charge in [-0.05, 0) is 33.2 Å². The van der Waals surface area contributed by atoms with Gasteiger partial charge < -0.3 is 14.8 Å². The first-order valence-corrected chi connectivity index (χ1v) is 5.54. The van der Waals surface area contributed by atoms with Crippen molar-refractivity contribution < 1.29 is 9.47 Å². The third kappa shape index (κ3) is 8.48. The van der Waals surface area contributed by atoms with Crippen LogP contribution < -0.4 is 5.32 Å². The highest BCUT2D eigenvalue weighted by molar-refractivity contribution is 4.63. The summed E-state index contributed by atoms with van der Waals surface area (Å²) in [4.78, 5) is 0. The van der Waals surface area contributed by atoms with Crippen LogP contribution in [-0.2, 0) is 9.47 Å². The van der Waals surface area contributed by atoms with E-state index in [1.807, 2.05) is 0 Å². The van der Waals surface area contributed by atoms with Crippen molar-refractivity contribution in [2.75, 3.05) is 26.9 Å². The number of ether oxygens (including phenoxy) is 2. The molecule has 0 aromatic rings. The lowest BCUT2D eigenvalue weighted by atomic mass is 10.2. The quantitative estimate of drug-likeness (QED) is 0.580. The molecule has 86 valence electrons. The summed E-state index contributed by atoms with van der Waals surface area (Å²) in [5.74, 6) is 0. The van der Waals surface area contributed by atoms with E-state index in [2.05, 4.69) is 26.1 Å². The van der Waals surface area contributed by atoms with E-state index in [1.54, 1.807) is 7.11 Å². The normalized spacial score (nSPS) is 13.5. The third-order valence-corrected chi connectivity index (χ3v) is 2.07. The minimum Gasteiger partial charge on any atom is -0.383 e. The lowest BCUT2D eigenvalue weighted by Crippen LogP contribution is -2.33. The lowest BCUT2D eigenvalue weighted by molar-refractivity contribution is 0.0757. The zero-order chi connectivity index (χ0) is 10.8. The fourth-order valence-electron chi connectivity index (χ4n) is 1.22. The maximum absolute atomic E-state index is 5.45. The Morgan fingerprint density at radius 3 is 2.50 bits per heavy atom. The van der Waals surface area contributed by atoms with E-state index in [4.69, 9.17) is 9.47 Å². The van der Waals surface area contributed by atoms with Crippen molar-refractivity contribution in [2.24, 2.45) is 0 Å². The summed E-state index contributed by atoms with van der Waals surface area (Å²) in [6.07, 6.45) is 2.52. The summed E-state index contributed by atoms with van der Waals surface area (Å²) in [7, 11) is 1.74. The average Bonchev–Trinajstić information content (AvgIpc) is 2.15. The molecule has 0 saturated heterocycles. The largest absolute Gasteiger partial charge is 0.383 e. The van der Waals surface area contributed by atoms with E-state index in [9.17, 15) is 0 Å². The highest BCUT2D eigenvalue weighted by Gasteiger charge is 2.03. The molecule has 0 aromatic carbocycles. The second-order valence-corrected chi connectivity index (χ2v) is 3.79. The molecule has 0 rings (SSSR count). The second-order valence-electron chi connectivity index (χ2n) is 3.79. The first kappa shape index (κ1) is 13.9. The van der Waals surface area contributed by atoms with Crippen molar-refractivity contribution in [3.63, 3.8) is 0 Å². The van der Waals surface area contributed by atoms with Crippen LogP contribution in [0.25, 0.3) is 0 Å². The molecule has 0 radical (unpaired) electrons. The van der Waals surface area contributed by atoms with Gasteiger partial charge in [0.05, 0.1) is 12.7 Å². The monoisotopic (exact) mass is 203 g/mol. The highest BCUT2D eigenvalue weighted by Crippen LogP contribution is 1.93. The Morgan fingerprint density at radius 1 is 1.29 bits per heavy atom. The van der Waals surface area contributed by atoms with Crippen LogP contribution in [-0.4, -0.2) is 39.0 Å². The summed E-state index contributed by atoms with van der Waals surface area (Å²) in [5.41, 5.74) is 0. The van der Waals surface area contributed by atoms with Gasteiger partial charge in [-0.15, -0.1) is 0 Å². The fourth-order valence-corrected chi connectivity index (χ4v) is 1.22. The van der Waals surface area contributed by atoms with Gasteiger partial charge in [0.1, 0.15) is 0 Å². The molecule has 1 unspecified atom stereocenters. The van der Waals surface area contributed by atoms with Crippen LogP contribution in [0.5, 0.6) is 0 Å². The first-order valence-electron chi connectivity index (χ1n) is 5.54. The molecule has 3 heteroatoms. The number of rotatable bonds is 9. The topological polar surface area (TPSA) is 30.5 Å². The second kappa shape index (κ2) is 9.44. The van der Waals surface area contributed by atoms with Crippen molar-refractivity contribution in [1.82, 2.24) is 5.32 Å². The molecule has 0 spiro atoms. The van der Waals surface area contributed by atoms with Crippen molar-refractivity contribution in [3.8, 4) is 0 Å². The zero-order valence-electron chi connectivity index (χ0n) is 10.0. The summed E-state index contributed by atoms with van der Waals surface area (Å²) in [5, 5.41) is 3.44. The van der Waals surface area contributed by atoms with E-state index in [0.717, 1.165) is 32.6 Å². The Hall–Kier alpha value is -0.120. The average molecular weight is 203 g/mol. The molecule has 0 aliphatic heterocycles. The number of methoxy groups -OCH3 is 1. The predicted molar refractivity (Wildman–Crippen MR) is 59.7 cm³/mol. The van der Waals surface area contributed by atoms with Crippen molar-refractivity contribution in [2.45, 2.75) is 45.8 Å². The van der Waals surface area contributed by atoms with Crippen LogP contribution in [0.4, 0.5) is 0 Å². The van der Waals surface area contributed by atoms with E-state index in [0.29, 0.717) is 12.1 Å².